The van der Waals surface area contributed by atoms with Crippen molar-refractivity contribution in [2.24, 2.45) is 0 Å². The molecule has 2 unspecified atom stereocenters. The van der Waals surface area contributed by atoms with Gasteiger partial charge in [-0.2, -0.15) is 0 Å². The molecule has 2 aliphatic rings. The summed E-state index contributed by atoms with van der Waals surface area (Å²) in [5, 5.41) is 9.80. The molecule has 3 rings (SSSR count). The molecule has 1 N–H and O–H groups in total. The zero-order valence-corrected chi connectivity index (χ0v) is 12.5. The van der Waals surface area contributed by atoms with E-state index in [9.17, 15) is 5.11 Å². The van der Waals surface area contributed by atoms with Crippen molar-refractivity contribution in [3.8, 4) is 0 Å². The molecule has 1 aromatic carbocycles. The Morgan fingerprint density at radius 3 is 2.85 bits per heavy atom. The van der Waals surface area contributed by atoms with Crippen LogP contribution in [0.1, 0.15) is 36.4 Å². The van der Waals surface area contributed by atoms with Crippen molar-refractivity contribution in [2.45, 2.75) is 37.8 Å². The molecule has 0 saturated carbocycles. The summed E-state index contributed by atoms with van der Waals surface area (Å²) in [4.78, 5) is 4.97. The van der Waals surface area contributed by atoms with Gasteiger partial charge in [0.2, 0.25) is 0 Å². The van der Waals surface area contributed by atoms with Crippen LogP contribution in [-0.4, -0.2) is 54.2 Å². The molecule has 0 spiro atoms. The molecule has 3 nitrogen and oxygen atoms in total. The highest BCUT2D eigenvalue weighted by Gasteiger charge is 2.28. The van der Waals surface area contributed by atoms with Crippen molar-refractivity contribution in [1.29, 1.82) is 0 Å². The number of nitrogens with zero attached hydrogens (tertiary/aromatic N) is 2. The normalized spacial score (nSPS) is 27.7. The monoisotopic (exact) mass is 274 g/mol. The maximum Gasteiger partial charge on any atom is 0.0628 e. The van der Waals surface area contributed by atoms with Gasteiger partial charge in [0.15, 0.2) is 0 Å². The van der Waals surface area contributed by atoms with Gasteiger partial charge in [-0.1, -0.05) is 24.3 Å². The maximum atomic E-state index is 9.80. The molecule has 0 bridgehead atoms. The smallest absolute Gasteiger partial charge is 0.0628 e. The van der Waals surface area contributed by atoms with Crippen LogP contribution in [0.3, 0.4) is 0 Å². The van der Waals surface area contributed by atoms with Crippen LogP contribution in [0.2, 0.25) is 0 Å². The summed E-state index contributed by atoms with van der Waals surface area (Å²) in [6, 6.07) is 9.54. The minimum Gasteiger partial charge on any atom is -0.394 e. The van der Waals surface area contributed by atoms with E-state index < -0.39 is 0 Å². The highest BCUT2D eigenvalue weighted by molar-refractivity contribution is 5.32. The van der Waals surface area contributed by atoms with Crippen LogP contribution in [0.15, 0.2) is 24.3 Å². The molecule has 2 heterocycles. The predicted molar refractivity (Wildman–Crippen MR) is 81.8 cm³/mol. The van der Waals surface area contributed by atoms with Crippen LogP contribution in [0.4, 0.5) is 0 Å². The van der Waals surface area contributed by atoms with Gasteiger partial charge >= 0.3 is 0 Å². The lowest BCUT2D eigenvalue weighted by Gasteiger charge is -2.37. The van der Waals surface area contributed by atoms with E-state index in [2.05, 4.69) is 41.1 Å². The summed E-state index contributed by atoms with van der Waals surface area (Å²) in [6.45, 7) is 3.67. The summed E-state index contributed by atoms with van der Waals surface area (Å²) in [6.07, 6.45) is 5.03. The van der Waals surface area contributed by atoms with Crippen LogP contribution >= 0.6 is 0 Å². The summed E-state index contributed by atoms with van der Waals surface area (Å²) >= 11 is 0. The van der Waals surface area contributed by atoms with Crippen LogP contribution in [-0.2, 0) is 6.42 Å². The van der Waals surface area contributed by atoms with Gasteiger partial charge in [0.1, 0.15) is 0 Å². The first kappa shape index (κ1) is 14.1. The standard InChI is InChI=1S/C17H26N2O/c1-18-10-4-6-15(18)9-12-19-11-8-14-5-2-3-7-16(14)17(19)13-20/h2-3,5,7,15,17,20H,4,6,8-13H2,1H3. The van der Waals surface area contributed by atoms with E-state index in [1.54, 1.807) is 0 Å². The first-order valence-corrected chi connectivity index (χ1v) is 7.92. The zero-order chi connectivity index (χ0) is 13.9. The Morgan fingerprint density at radius 1 is 1.25 bits per heavy atom. The molecule has 0 radical (unpaired) electrons. The van der Waals surface area contributed by atoms with Crippen molar-refractivity contribution < 1.29 is 5.11 Å². The van der Waals surface area contributed by atoms with Crippen molar-refractivity contribution in [1.82, 2.24) is 9.80 Å². The number of likely N-dealkylation sites (tertiary alicyclic amines) is 1. The molecular formula is C17H26N2O. The number of rotatable bonds is 4. The Morgan fingerprint density at radius 2 is 2.10 bits per heavy atom. The third-order valence-corrected chi connectivity index (χ3v) is 5.12. The third-order valence-electron chi connectivity index (χ3n) is 5.12. The first-order valence-electron chi connectivity index (χ1n) is 7.92. The molecule has 2 aliphatic heterocycles. The fourth-order valence-electron chi connectivity index (χ4n) is 3.84. The van der Waals surface area contributed by atoms with E-state index in [4.69, 9.17) is 0 Å². The van der Waals surface area contributed by atoms with Gasteiger partial charge < -0.3 is 10.0 Å². The second-order valence-electron chi connectivity index (χ2n) is 6.25. The Bertz CT molecular complexity index is 448. The predicted octanol–water partition coefficient (Wildman–Crippen LogP) is 2.06. The van der Waals surface area contributed by atoms with Gasteiger partial charge in [0.25, 0.3) is 0 Å². The van der Waals surface area contributed by atoms with Gasteiger partial charge in [0, 0.05) is 19.1 Å². The second-order valence-corrected chi connectivity index (χ2v) is 6.25. The van der Waals surface area contributed by atoms with Crippen LogP contribution in [0.25, 0.3) is 0 Å². The lowest BCUT2D eigenvalue weighted by molar-refractivity contribution is 0.105. The SMILES string of the molecule is CN1CCCC1CCN1CCc2ccccc2C1CO. The largest absolute Gasteiger partial charge is 0.394 e. The number of hydrogen-bond acceptors (Lipinski definition) is 3. The first-order chi connectivity index (χ1) is 9.79. The van der Waals surface area contributed by atoms with Crippen molar-refractivity contribution in [3.05, 3.63) is 35.4 Å². The number of benzene rings is 1. The van der Waals surface area contributed by atoms with E-state index in [0.717, 1.165) is 25.6 Å². The number of fused-ring (bicyclic) bond motifs is 1. The van der Waals surface area contributed by atoms with E-state index in [0.29, 0.717) is 0 Å². The van der Waals surface area contributed by atoms with Gasteiger partial charge in [-0.3, -0.25) is 4.90 Å². The summed E-state index contributed by atoms with van der Waals surface area (Å²) in [5.74, 6) is 0. The maximum absolute atomic E-state index is 9.80. The number of hydrogen-bond donors (Lipinski definition) is 1. The van der Waals surface area contributed by atoms with E-state index in [1.165, 1.54) is 36.9 Å². The van der Waals surface area contributed by atoms with Crippen molar-refractivity contribution >= 4 is 0 Å². The Balaban J connectivity index is 1.65. The quantitative estimate of drug-likeness (QED) is 0.910. The second kappa shape index (κ2) is 6.25. The molecule has 1 saturated heterocycles. The third kappa shape index (κ3) is 2.76. The molecule has 0 aromatic heterocycles. The van der Waals surface area contributed by atoms with E-state index in [-0.39, 0.29) is 12.6 Å². The summed E-state index contributed by atoms with van der Waals surface area (Å²) < 4.78 is 0. The van der Waals surface area contributed by atoms with Gasteiger partial charge in [-0.05, 0) is 50.4 Å². The lowest BCUT2D eigenvalue weighted by Crippen LogP contribution is -2.40. The van der Waals surface area contributed by atoms with Gasteiger partial charge in [0.05, 0.1) is 12.6 Å². The topological polar surface area (TPSA) is 26.7 Å². The molecule has 20 heavy (non-hydrogen) atoms. The van der Waals surface area contributed by atoms with E-state index in [1.807, 2.05) is 0 Å². The van der Waals surface area contributed by atoms with Gasteiger partial charge in [-0.25, -0.2) is 0 Å². The Kier molecular flexibility index (Phi) is 4.39. The molecule has 110 valence electrons. The van der Waals surface area contributed by atoms with Crippen LogP contribution < -0.4 is 0 Å². The molecule has 3 heteroatoms. The minimum atomic E-state index is 0.201. The fourth-order valence-corrected chi connectivity index (χ4v) is 3.84. The fraction of sp³-hybridized carbons (Fsp3) is 0.647. The summed E-state index contributed by atoms with van der Waals surface area (Å²) in [7, 11) is 2.24. The van der Waals surface area contributed by atoms with Crippen molar-refractivity contribution in [2.75, 3.05) is 33.3 Å². The Hall–Kier alpha value is -0.900. The average Bonchev–Trinajstić information content (AvgIpc) is 2.89. The highest BCUT2D eigenvalue weighted by Crippen LogP contribution is 2.30. The van der Waals surface area contributed by atoms with E-state index >= 15 is 0 Å². The molecular weight excluding hydrogens is 248 g/mol. The zero-order valence-electron chi connectivity index (χ0n) is 12.5. The molecule has 2 atom stereocenters. The number of aliphatic hydroxyl groups is 1. The molecule has 0 amide bonds. The molecule has 1 fully saturated rings. The average molecular weight is 274 g/mol. The Labute approximate surface area is 122 Å². The minimum absolute atomic E-state index is 0.201. The van der Waals surface area contributed by atoms with Crippen LogP contribution in [0.5, 0.6) is 0 Å². The van der Waals surface area contributed by atoms with Crippen LogP contribution in [0, 0.1) is 0 Å². The summed E-state index contributed by atoms with van der Waals surface area (Å²) in [5.41, 5.74) is 2.75. The highest BCUT2D eigenvalue weighted by atomic mass is 16.3. The molecule has 0 aliphatic carbocycles. The molecule has 1 aromatic rings. The lowest BCUT2D eigenvalue weighted by atomic mass is 9.92. The van der Waals surface area contributed by atoms with Gasteiger partial charge in [-0.15, -0.1) is 0 Å². The van der Waals surface area contributed by atoms with Crippen molar-refractivity contribution in [3.63, 3.8) is 0 Å². The number of aliphatic hydroxyl groups excluding tert-OH is 1.